The van der Waals surface area contributed by atoms with Gasteiger partial charge in [-0.3, -0.25) is 9.69 Å². The molecular weight excluding hydrogens is 220 g/mol. The Morgan fingerprint density at radius 2 is 2.41 bits per heavy atom. The molecule has 0 amide bonds. The number of hydrogen-bond donors (Lipinski definition) is 3. The lowest BCUT2D eigenvalue weighted by atomic mass is 10.2. The van der Waals surface area contributed by atoms with E-state index in [2.05, 4.69) is 19.9 Å². The topological polar surface area (TPSA) is 85.0 Å². The van der Waals surface area contributed by atoms with Gasteiger partial charge in [0.1, 0.15) is 5.52 Å². The van der Waals surface area contributed by atoms with Crippen molar-refractivity contribution in [2.24, 2.45) is 0 Å². The first-order chi connectivity index (χ1) is 8.24. The highest BCUT2D eigenvalue weighted by Gasteiger charge is 2.21. The first-order valence-electron chi connectivity index (χ1n) is 5.68. The lowest BCUT2D eigenvalue weighted by Crippen LogP contribution is -2.21. The normalized spacial score (nSPS) is 21.4. The molecule has 6 heteroatoms. The summed E-state index contributed by atoms with van der Waals surface area (Å²) < 4.78 is 0. The van der Waals surface area contributed by atoms with Crippen molar-refractivity contribution in [2.75, 3.05) is 13.1 Å². The Morgan fingerprint density at radius 3 is 3.18 bits per heavy atom. The van der Waals surface area contributed by atoms with Gasteiger partial charge < -0.3 is 15.1 Å². The van der Waals surface area contributed by atoms with E-state index in [-0.39, 0.29) is 11.7 Å². The summed E-state index contributed by atoms with van der Waals surface area (Å²) in [5.74, 6) is 0. The molecule has 1 aliphatic rings. The molecule has 3 heterocycles. The van der Waals surface area contributed by atoms with Crippen LogP contribution in [0.2, 0.25) is 0 Å². The van der Waals surface area contributed by atoms with Gasteiger partial charge in [-0.2, -0.15) is 0 Å². The van der Waals surface area contributed by atoms with Crippen LogP contribution in [0.25, 0.3) is 11.0 Å². The molecule has 2 aromatic rings. The molecule has 0 aromatic carbocycles. The summed E-state index contributed by atoms with van der Waals surface area (Å²) >= 11 is 0. The van der Waals surface area contributed by atoms with Gasteiger partial charge in [0.15, 0.2) is 0 Å². The Hall–Kier alpha value is -1.66. The highest BCUT2D eigenvalue weighted by molar-refractivity contribution is 5.77. The molecule has 0 saturated carbocycles. The highest BCUT2D eigenvalue weighted by atomic mass is 16.3. The van der Waals surface area contributed by atoms with Gasteiger partial charge in [0, 0.05) is 31.4 Å². The molecule has 1 fully saturated rings. The first kappa shape index (κ1) is 10.5. The van der Waals surface area contributed by atoms with Crippen molar-refractivity contribution in [1.82, 2.24) is 19.9 Å². The van der Waals surface area contributed by atoms with Crippen molar-refractivity contribution in [3.05, 3.63) is 28.4 Å². The Bertz CT molecular complexity index is 588. The molecule has 0 spiro atoms. The standard InChI is InChI=1S/C11H14N4O2/c16-8-1-2-15(5-8)4-7-3-12-10-9(7)13-6-14-11(10)17/h3,6,8,12,16H,1-2,4-5H2,(H,13,14,17)/t8-/m0/s1. The summed E-state index contributed by atoms with van der Waals surface area (Å²) in [5, 5.41) is 9.47. The monoisotopic (exact) mass is 234 g/mol. The molecule has 3 N–H and O–H groups in total. The Balaban J connectivity index is 1.91. The smallest absolute Gasteiger partial charge is 0.275 e. The second-order valence-corrected chi connectivity index (χ2v) is 4.45. The second kappa shape index (κ2) is 3.97. The number of H-pyrrole nitrogens is 2. The van der Waals surface area contributed by atoms with Crippen LogP contribution in [0.5, 0.6) is 0 Å². The predicted molar refractivity (Wildman–Crippen MR) is 62.6 cm³/mol. The Labute approximate surface area is 97.3 Å². The van der Waals surface area contributed by atoms with Crippen LogP contribution in [0.3, 0.4) is 0 Å². The maximum atomic E-state index is 11.5. The SMILES string of the molecule is O=c1[nH]cnc2c(CN3CC[C@H](O)C3)c[nH]c12. The number of β-amino-alcohol motifs (C(OH)–C–C–N with tert-alkyl or cyclic N) is 1. The van der Waals surface area contributed by atoms with E-state index in [1.54, 1.807) is 0 Å². The molecule has 1 saturated heterocycles. The number of likely N-dealkylation sites (tertiary alicyclic amines) is 1. The van der Waals surface area contributed by atoms with Crippen LogP contribution >= 0.6 is 0 Å². The summed E-state index contributed by atoms with van der Waals surface area (Å²) in [4.78, 5) is 23.3. The third-order valence-electron chi connectivity index (χ3n) is 3.19. The first-order valence-corrected chi connectivity index (χ1v) is 5.68. The Morgan fingerprint density at radius 1 is 1.53 bits per heavy atom. The molecule has 3 rings (SSSR count). The molecule has 17 heavy (non-hydrogen) atoms. The zero-order chi connectivity index (χ0) is 11.8. The van der Waals surface area contributed by atoms with Crippen molar-refractivity contribution in [3.8, 4) is 0 Å². The van der Waals surface area contributed by atoms with Crippen LogP contribution in [0, 0.1) is 0 Å². The van der Waals surface area contributed by atoms with E-state index in [1.165, 1.54) is 6.33 Å². The van der Waals surface area contributed by atoms with Gasteiger partial charge in [0.25, 0.3) is 5.56 Å². The van der Waals surface area contributed by atoms with Gasteiger partial charge in [0.2, 0.25) is 0 Å². The third-order valence-corrected chi connectivity index (χ3v) is 3.19. The van der Waals surface area contributed by atoms with E-state index in [9.17, 15) is 9.90 Å². The van der Waals surface area contributed by atoms with E-state index in [0.29, 0.717) is 18.6 Å². The van der Waals surface area contributed by atoms with Crippen molar-refractivity contribution < 1.29 is 5.11 Å². The van der Waals surface area contributed by atoms with E-state index in [0.717, 1.165) is 24.0 Å². The van der Waals surface area contributed by atoms with Crippen molar-refractivity contribution in [3.63, 3.8) is 0 Å². The average molecular weight is 234 g/mol. The molecule has 2 aromatic heterocycles. The molecular formula is C11H14N4O2. The van der Waals surface area contributed by atoms with Gasteiger partial charge in [0.05, 0.1) is 17.9 Å². The number of nitrogens with zero attached hydrogens (tertiary/aromatic N) is 2. The minimum absolute atomic E-state index is 0.150. The number of hydrogen-bond acceptors (Lipinski definition) is 4. The fraction of sp³-hybridized carbons (Fsp3) is 0.455. The van der Waals surface area contributed by atoms with E-state index < -0.39 is 0 Å². The van der Waals surface area contributed by atoms with Crippen LogP contribution in [-0.2, 0) is 6.54 Å². The maximum absolute atomic E-state index is 11.5. The zero-order valence-corrected chi connectivity index (χ0v) is 9.31. The number of rotatable bonds is 2. The molecule has 1 aliphatic heterocycles. The molecule has 6 nitrogen and oxygen atoms in total. The molecule has 1 atom stereocenters. The van der Waals surface area contributed by atoms with Crippen LogP contribution in [0.1, 0.15) is 12.0 Å². The lowest BCUT2D eigenvalue weighted by Gasteiger charge is -2.13. The number of aliphatic hydroxyl groups excluding tert-OH is 1. The predicted octanol–water partition coefficient (Wildman–Crippen LogP) is -0.182. The summed E-state index contributed by atoms with van der Waals surface area (Å²) in [6, 6.07) is 0. The highest BCUT2D eigenvalue weighted by Crippen LogP contribution is 2.17. The lowest BCUT2D eigenvalue weighted by molar-refractivity contribution is 0.175. The van der Waals surface area contributed by atoms with Crippen molar-refractivity contribution >= 4 is 11.0 Å². The fourth-order valence-corrected chi connectivity index (χ4v) is 2.32. The van der Waals surface area contributed by atoms with Crippen LogP contribution in [0.15, 0.2) is 17.3 Å². The van der Waals surface area contributed by atoms with Crippen molar-refractivity contribution in [2.45, 2.75) is 19.1 Å². The minimum atomic E-state index is -0.225. The largest absolute Gasteiger partial charge is 0.392 e. The summed E-state index contributed by atoms with van der Waals surface area (Å²) in [6.45, 7) is 2.29. The fourth-order valence-electron chi connectivity index (χ4n) is 2.32. The van der Waals surface area contributed by atoms with Crippen molar-refractivity contribution in [1.29, 1.82) is 0 Å². The van der Waals surface area contributed by atoms with E-state index in [1.807, 2.05) is 6.20 Å². The van der Waals surface area contributed by atoms with Crippen LogP contribution in [-0.4, -0.2) is 44.2 Å². The van der Waals surface area contributed by atoms with Gasteiger partial charge in [-0.25, -0.2) is 4.98 Å². The number of fused-ring (bicyclic) bond motifs is 1. The molecule has 0 aliphatic carbocycles. The second-order valence-electron chi connectivity index (χ2n) is 4.45. The summed E-state index contributed by atoms with van der Waals surface area (Å²) in [5.41, 5.74) is 2.08. The van der Waals surface area contributed by atoms with Crippen LogP contribution < -0.4 is 5.56 Å². The van der Waals surface area contributed by atoms with Gasteiger partial charge >= 0.3 is 0 Å². The third kappa shape index (κ3) is 1.85. The number of aliphatic hydroxyl groups is 1. The average Bonchev–Trinajstić information content (AvgIpc) is 2.88. The number of aromatic amines is 2. The zero-order valence-electron chi connectivity index (χ0n) is 9.31. The molecule has 0 radical (unpaired) electrons. The minimum Gasteiger partial charge on any atom is -0.392 e. The summed E-state index contributed by atoms with van der Waals surface area (Å²) in [7, 11) is 0. The molecule has 90 valence electrons. The van der Waals surface area contributed by atoms with E-state index >= 15 is 0 Å². The Kier molecular flexibility index (Phi) is 2.45. The quantitative estimate of drug-likeness (QED) is 0.673. The summed E-state index contributed by atoms with van der Waals surface area (Å²) in [6.07, 6.45) is 3.83. The van der Waals surface area contributed by atoms with Gasteiger partial charge in [-0.1, -0.05) is 0 Å². The van der Waals surface area contributed by atoms with Crippen LogP contribution in [0.4, 0.5) is 0 Å². The molecule has 0 bridgehead atoms. The number of nitrogens with one attached hydrogen (secondary N) is 2. The van der Waals surface area contributed by atoms with Gasteiger partial charge in [-0.15, -0.1) is 0 Å². The number of aromatic nitrogens is 3. The maximum Gasteiger partial charge on any atom is 0.275 e. The molecule has 0 unspecified atom stereocenters. The van der Waals surface area contributed by atoms with Gasteiger partial charge in [-0.05, 0) is 6.42 Å². The van der Waals surface area contributed by atoms with E-state index in [4.69, 9.17) is 0 Å².